The maximum absolute atomic E-state index is 12.2. The normalized spacial score (nSPS) is 16.2. The van der Waals surface area contributed by atoms with Gasteiger partial charge in [0.05, 0.1) is 5.56 Å². The summed E-state index contributed by atoms with van der Waals surface area (Å²) in [5.74, 6) is 0.0413. The van der Waals surface area contributed by atoms with Crippen LogP contribution in [0, 0.1) is 0 Å². The Balaban J connectivity index is 2.21. The number of rotatable bonds is 3. The average molecular weight is 325 g/mol. The van der Waals surface area contributed by atoms with Crippen LogP contribution < -0.4 is 5.32 Å². The summed E-state index contributed by atoms with van der Waals surface area (Å²) in [7, 11) is 3.57. The van der Waals surface area contributed by atoms with Gasteiger partial charge in [0, 0.05) is 30.3 Å². The van der Waals surface area contributed by atoms with E-state index in [1.165, 1.54) is 32.1 Å². The van der Waals surface area contributed by atoms with Crippen LogP contribution in [0.1, 0.15) is 42.5 Å². The minimum Gasteiger partial charge on any atom is -0.382 e. The van der Waals surface area contributed by atoms with Crippen LogP contribution in [0.3, 0.4) is 0 Å². The van der Waals surface area contributed by atoms with Crippen LogP contribution in [-0.2, 0) is 0 Å². The largest absolute Gasteiger partial charge is 0.382 e. The summed E-state index contributed by atoms with van der Waals surface area (Å²) in [5.41, 5.74) is 1.69. The third-order valence-corrected chi connectivity index (χ3v) is 4.08. The van der Waals surface area contributed by atoms with Gasteiger partial charge >= 0.3 is 0 Å². The minimum atomic E-state index is 0.0413. The molecular weight excluding hydrogens is 304 g/mol. The number of hydrogen-bond acceptors (Lipinski definition) is 2. The van der Waals surface area contributed by atoms with Crippen molar-refractivity contribution in [2.75, 3.05) is 19.4 Å². The van der Waals surface area contributed by atoms with Crippen molar-refractivity contribution >= 4 is 27.5 Å². The highest BCUT2D eigenvalue weighted by molar-refractivity contribution is 9.10. The Morgan fingerprint density at radius 2 is 1.95 bits per heavy atom. The van der Waals surface area contributed by atoms with E-state index in [0.29, 0.717) is 6.04 Å². The molecule has 1 aromatic carbocycles. The number of nitrogens with one attached hydrogen (secondary N) is 1. The van der Waals surface area contributed by atoms with Crippen molar-refractivity contribution < 1.29 is 4.79 Å². The molecule has 19 heavy (non-hydrogen) atoms. The first-order valence-corrected chi connectivity index (χ1v) is 7.65. The first kappa shape index (κ1) is 14.4. The van der Waals surface area contributed by atoms with E-state index in [-0.39, 0.29) is 5.91 Å². The average Bonchev–Trinajstić information content (AvgIpc) is 2.41. The monoisotopic (exact) mass is 324 g/mol. The van der Waals surface area contributed by atoms with Crippen LogP contribution in [0.5, 0.6) is 0 Å². The van der Waals surface area contributed by atoms with Crippen molar-refractivity contribution in [1.82, 2.24) is 4.90 Å². The van der Waals surface area contributed by atoms with Gasteiger partial charge in [0.15, 0.2) is 0 Å². The molecule has 0 aromatic heterocycles. The lowest BCUT2D eigenvalue weighted by molar-refractivity contribution is 0.0828. The standard InChI is InChI=1S/C15H21BrN2O/c1-18(2)15(19)13-10-11(16)8-9-14(13)17-12-6-4-3-5-7-12/h8-10,12,17H,3-7H2,1-2H3. The number of halogens is 1. The minimum absolute atomic E-state index is 0.0413. The Kier molecular flexibility index (Phi) is 4.86. The molecule has 1 aromatic rings. The lowest BCUT2D eigenvalue weighted by atomic mass is 9.95. The zero-order valence-corrected chi connectivity index (χ0v) is 13.2. The highest BCUT2D eigenvalue weighted by atomic mass is 79.9. The van der Waals surface area contributed by atoms with E-state index < -0.39 is 0 Å². The molecule has 3 nitrogen and oxygen atoms in total. The van der Waals surface area contributed by atoms with Gasteiger partial charge in [0.1, 0.15) is 0 Å². The zero-order chi connectivity index (χ0) is 13.8. The Bertz CT molecular complexity index is 453. The van der Waals surface area contributed by atoms with Gasteiger partial charge in [-0.15, -0.1) is 0 Å². The van der Waals surface area contributed by atoms with Gasteiger partial charge in [0.25, 0.3) is 5.91 Å². The Morgan fingerprint density at radius 3 is 2.58 bits per heavy atom. The summed E-state index contributed by atoms with van der Waals surface area (Å²) in [6.07, 6.45) is 6.30. The number of nitrogens with zero attached hydrogens (tertiary/aromatic N) is 1. The van der Waals surface area contributed by atoms with Crippen molar-refractivity contribution in [2.24, 2.45) is 0 Å². The number of carbonyl (C=O) groups excluding carboxylic acids is 1. The fraction of sp³-hybridized carbons (Fsp3) is 0.533. The molecule has 0 spiro atoms. The fourth-order valence-electron chi connectivity index (χ4n) is 2.53. The maximum Gasteiger partial charge on any atom is 0.255 e. The maximum atomic E-state index is 12.2. The molecule has 2 rings (SSSR count). The molecule has 0 aliphatic heterocycles. The molecule has 1 fully saturated rings. The van der Waals surface area contributed by atoms with Crippen LogP contribution in [-0.4, -0.2) is 30.9 Å². The number of amides is 1. The van der Waals surface area contributed by atoms with Crippen molar-refractivity contribution in [3.8, 4) is 0 Å². The van der Waals surface area contributed by atoms with Crippen LogP contribution in [0.4, 0.5) is 5.69 Å². The number of anilines is 1. The van der Waals surface area contributed by atoms with E-state index in [4.69, 9.17) is 0 Å². The predicted molar refractivity (Wildman–Crippen MR) is 82.7 cm³/mol. The molecule has 0 unspecified atom stereocenters. The van der Waals surface area contributed by atoms with Gasteiger partial charge in [0.2, 0.25) is 0 Å². The lowest BCUT2D eigenvalue weighted by Crippen LogP contribution is -2.26. The summed E-state index contributed by atoms with van der Waals surface area (Å²) in [4.78, 5) is 13.8. The van der Waals surface area contributed by atoms with Crippen LogP contribution >= 0.6 is 15.9 Å². The first-order chi connectivity index (χ1) is 9.08. The predicted octanol–water partition coefficient (Wildman–Crippen LogP) is 3.90. The molecule has 1 aliphatic carbocycles. The molecule has 0 radical (unpaired) electrons. The zero-order valence-electron chi connectivity index (χ0n) is 11.6. The van der Waals surface area contributed by atoms with Crippen molar-refractivity contribution in [2.45, 2.75) is 38.1 Å². The number of carbonyl (C=O) groups is 1. The molecule has 1 N–H and O–H groups in total. The Morgan fingerprint density at radius 1 is 1.26 bits per heavy atom. The van der Waals surface area contributed by atoms with Gasteiger partial charge in [-0.1, -0.05) is 35.2 Å². The van der Waals surface area contributed by atoms with Crippen molar-refractivity contribution in [1.29, 1.82) is 0 Å². The SMILES string of the molecule is CN(C)C(=O)c1cc(Br)ccc1NC1CCCCC1. The number of hydrogen-bond donors (Lipinski definition) is 1. The third-order valence-electron chi connectivity index (χ3n) is 3.58. The van der Waals surface area contributed by atoms with Crippen LogP contribution in [0.25, 0.3) is 0 Å². The second-order valence-corrected chi connectivity index (χ2v) is 6.28. The molecule has 1 aliphatic rings. The van der Waals surface area contributed by atoms with Crippen LogP contribution in [0.15, 0.2) is 22.7 Å². The molecule has 0 heterocycles. The molecule has 1 amide bonds. The fourth-order valence-corrected chi connectivity index (χ4v) is 2.89. The Hall–Kier alpha value is -1.03. The third kappa shape index (κ3) is 3.72. The topological polar surface area (TPSA) is 32.3 Å². The van der Waals surface area contributed by atoms with E-state index in [1.807, 2.05) is 18.2 Å². The van der Waals surface area contributed by atoms with Crippen molar-refractivity contribution in [3.05, 3.63) is 28.2 Å². The molecular formula is C15H21BrN2O. The smallest absolute Gasteiger partial charge is 0.255 e. The Labute approximate surface area is 123 Å². The van der Waals surface area contributed by atoms with Gasteiger partial charge in [-0.25, -0.2) is 0 Å². The number of benzene rings is 1. The summed E-state index contributed by atoms with van der Waals surface area (Å²) < 4.78 is 0.937. The van der Waals surface area contributed by atoms with Gasteiger partial charge in [-0.2, -0.15) is 0 Å². The molecule has 104 valence electrons. The lowest BCUT2D eigenvalue weighted by Gasteiger charge is -2.25. The van der Waals surface area contributed by atoms with Crippen molar-refractivity contribution in [3.63, 3.8) is 0 Å². The molecule has 1 saturated carbocycles. The highest BCUT2D eigenvalue weighted by Gasteiger charge is 2.18. The molecule has 0 bridgehead atoms. The second-order valence-electron chi connectivity index (χ2n) is 5.37. The van der Waals surface area contributed by atoms with E-state index in [0.717, 1.165) is 15.7 Å². The van der Waals surface area contributed by atoms with Crippen LogP contribution in [0.2, 0.25) is 0 Å². The van der Waals surface area contributed by atoms with E-state index in [9.17, 15) is 4.79 Å². The molecule has 0 atom stereocenters. The molecule has 0 saturated heterocycles. The molecule has 4 heteroatoms. The van der Waals surface area contributed by atoms with E-state index >= 15 is 0 Å². The summed E-state index contributed by atoms with van der Waals surface area (Å²) in [6.45, 7) is 0. The summed E-state index contributed by atoms with van der Waals surface area (Å²) >= 11 is 3.44. The summed E-state index contributed by atoms with van der Waals surface area (Å²) in [6, 6.07) is 6.38. The van der Waals surface area contributed by atoms with Gasteiger partial charge in [-0.05, 0) is 31.0 Å². The van der Waals surface area contributed by atoms with E-state index in [1.54, 1.807) is 19.0 Å². The van der Waals surface area contributed by atoms with Gasteiger partial charge in [-0.3, -0.25) is 4.79 Å². The summed E-state index contributed by atoms with van der Waals surface area (Å²) in [5, 5.41) is 3.54. The highest BCUT2D eigenvalue weighted by Crippen LogP contribution is 2.26. The quantitative estimate of drug-likeness (QED) is 0.914. The van der Waals surface area contributed by atoms with Gasteiger partial charge < -0.3 is 10.2 Å². The van der Waals surface area contributed by atoms with E-state index in [2.05, 4.69) is 21.2 Å². The first-order valence-electron chi connectivity index (χ1n) is 6.85. The second kappa shape index (κ2) is 6.42.